The van der Waals surface area contributed by atoms with Gasteiger partial charge >= 0.3 is 0 Å². The number of rotatable bonds is 0. The summed E-state index contributed by atoms with van der Waals surface area (Å²) in [5, 5.41) is 0. The standard InChI is InChI=1S/C11H20.C10H18O.C10H18/c1-9(2)8-10(3,4)11(9)6-5-7-11;1-8(2)5-9(3,4)10(8)6-11-7-10;1-8(2)7-9(3,4)10(8)5-6-10/h5-8H2,1-4H3;5-7H2,1-4H3;5-7H2,1-4H3. The molecule has 0 aromatic heterocycles. The topological polar surface area (TPSA) is 9.23 Å². The lowest BCUT2D eigenvalue weighted by Gasteiger charge is -2.72. The first-order valence-corrected chi connectivity index (χ1v) is 13.8. The Morgan fingerprint density at radius 1 is 0.375 bits per heavy atom. The molecule has 1 aliphatic heterocycles. The molecule has 1 saturated heterocycles. The van der Waals surface area contributed by atoms with Crippen LogP contribution in [0.2, 0.25) is 0 Å². The van der Waals surface area contributed by atoms with Crippen molar-refractivity contribution in [2.45, 2.75) is 134 Å². The summed E-state index contributed by atoms with van der Waals surface area (Å²) >= 11 is 0. The van der Waals surface area contributed by atoms with E-state index in [1.165, 1.54) is 51.4 Å². The summed E-state index contributed by atoms with van der Waals surface area (Å²) in [6.45, 7) is 31.1. The van der Waals surface area contributed by atoms with E-state index in [-0.39, 0.29) is 0 Å². The molecule has 0 aromatic rings. The Hall–Kier alpha value is -0.0400. The Morgan fingerprint density at radius 3 is 0.688 bits per heavy atom. The molecule has 0 N–H and O–H groups in total. The molecule has 186 valence electrons. The molecule has 0 bridgehead atoms. The van der Waals surface area contributed by atoms with Gasteiger partial charge in [0, 0.05) is 5.41 Å². The van der Waals surface area contributed by atoms with E-state index < -0.39 is 0 Å². The van der Waals surface area contributed by atoms with Crippen LogP contribution in [0.3, 0.4) is 0 Å². The van der Waals surface area contributed by atoms with Crippen molar-refractivity contribution in [3.8, 4) is 0 Å². The van der Waals surface area contributed by atoms with Crippen molar-refractivity contribution >= 4 is 0 Å². The van der Waals surface area contributed by atoms with Crippen LogP contribution < -0.4 is 0 Å². The molecule has 6 fully saturated rings. The normalized spacial score (nSPS) is 36.4. The van der Waals surface area contributed by atoms with E-state index in [9.17, 15) is 0 Å². The maximum Gasteiger partial charge on any atom is 0.0555 e. The van der Waals surface area contributed by atoms with Gasteiger partial charge in [-0.25, -0.2) is 0 Å². The van der Waals surface area contributed by atoms with Crippen LogP contribution >= 0.6 is 0 Å². The maximum atomic E-state index is 5.35. The summed E-state index contributed by atoms with van der Waals surface area (Å²) in [5.41, 5.74) is 5.68. The summed E-state index contributed by atoms with van der Waals surface area (Å²) < 4.78 is 5.35. The Bertz CT molecular complexity index is 655. The third-order valence-electron chi connectivity index (χ3n) is 13.1. The number of ether oxygens (including phenoxy) is 1. The van der Waals surface area contributed by atoms with E-state index in [0.29, 0.717) is 37.9 Å². The summed E-state index contributed by atoms with van der Waals surface area (Å²) in [6.07, 6.45) is 11.7. The van der Waals surface area contributed by atoms with E-state index in [1.54, 1.807) is 0 Å². The molecule has 0 unspecified atom stereocenters. The van der Waals surface area contributed by atoms with Crippen LogP contribution in [-0.4, -0.2) is 13.2 Å². The van der Waals surface area contributed by atoms with Gasteiger partial charge in [-0.2, -0.15) is 0 Å². The SMILES string of the molecule is CC1(C)CC(C)(C)C12CC2.CC1(C)CC(C)(C)C12CCC2.CC1(C)CC(C)(C)C12COC2. The van der Waals surface area contributed by atoms with Gasteiger partial charge in [0.2, 0.25) is 0 Å². The fourth-order valence-corrected chi connectivity index (χ4v) is 11.2. The van der Waals surface area contributed by atoms with Gasteiger partial charge in [-0.1, -0.05) is 89.5 Å². The van der Waals surface area contributed by atoms with Gasteiger partial charge in [0.05, 0.1) is 13.2 Å². The fourth-order valence-electron chi connectivity index (χ4n) is 11.2. The highest BCUT2D eigenvalue weighted by Crippen LogP contribution is 2.79. The fraction of sp³-hybridized carbons (Fsp3) is 1.00. The van der Waals surface area contributed by atoms with E-state index in [0.717, 1.165) is 24.0 Å². The lowest BCUT2D eigenvalue weighted by atomic mass is 9.32. The monoisotopic (exact) mass is 444 g/mol. The minimum atomic E-state index is 0.514. The van der Waals surface area contributed by atoms with Gasteiger partial charge in [-0.05, 0) is 88.3 Å². The second kappa shape index (κ2) is 6.59. The van der Waals surface area contributed by atoms with Crippen LogP contribution in [-0.2, 0) is 4.74 Å². The highest BCUT2D eigenvalue weighted by molar-refractivity contribution is 5.20. The second-order valence-corrected chi connectivity index (χ2v) is 16.9. The van der Waals surface area contributed by atoms with Gasteiger partial charge in [-0.15, -0.1) is 0 Å². The van der Waals surface area contributed by atoms with Gasteiger partial charge in [0.15, 0.2) is 0 Å². The van der Waals surface area contributed by atoms with Crippen molar-refractivity contribution in [1.29, 1.82) is 0 Å². The van der Waals surface area contributed by atoms with Gasteiger partial charge in [0.25, 0.3) is 0 Å². The number of hydrogen-bond acceptors (Lipinski definition) is 1. The Morgan fingerprint density at radius 2 is 0.656 bits per heavy atom. The van der Waals surface area contributed by atoms with Crippen molar-refractivity contribution in [2.75, 3.05) is 13.2 Å². The predicted molar refractivity (Wildman–Crippen MR) is 138 cm³/mol. The molecule has 0 amide bonds. The quantitative estimate of drug-likeness (QED) is 0.361. The van der Waals surface area contributed by atoms with Gasteiger partial charge in [0.1, 0.15) is 0 Å². The van der Waals surface area contributed by atoms with Crippen molar-refractivity contribution < 1.29 is 4.74 Å². The molecule has 6 rings (SSSR count). The first-order valence-electron chi connectivity index (χ1n) is 13.8. The Kier molecular flexibility index (Phi) is 5.16. The van der Waals surface area contributed by atoms with Gasteiger partial charge in [-0.3, -0.25) is 0 Å². The highest BCUT2D eigenvalue weighted by Gasteiger charge is 2.71. The summed E-state index contributed by atoms with van der Waals surface area (Å²) in [6, 6.07) is 0. The molecule has 1 heteroatoms. The third kappa shape index (κ3) is 2.91. The smallest absolute Gasteiger partial charge is 0.0555 e. The minimum absolute atomic E-state index is 0.514. The minimum Gasteiger partial charge on any atom is -0.380 e. The average molecular weight is 445 g/mol. The first-order chi connectivity index (χ1) is 14.2. The van der Waals surface area contributed by atoms with Crippen LogP contribution in [0, 0.1) is 48.7 Å². The molecule has 1 heterocycles. The van der Waals surface area contributed by atoms with E-state index >= 15 is 0 Å². The summed E-state index contributed by atoms with van der Waals surface area (Å²) in [4.78, 5) is 0. The number of hydrogen-bond donors (Lipinski definition) is 0. The molecule has 1 nitrogen and oxygen atoms in total. The third-order valence-corrected chi connectivity index (χ3v) is 13.1. The molecule has 0 atom stereocenters. The molecule has 5 saturated carbocycles. The highest BCUT2D eigenvalue weighted by atomic mass is 16.5. The second-order valence-electron chi connectivity index (χ2n) is 16.9. The van der Waals surface area contributed by atoms with Crippen LogP contribution in [0.25, 0.3) is 0 Å². The van der Waals surface area contributed by atoms with Crippen molar-refractivity contribution in [3.05, 3.63) is 0 Å². The molecule has 32 heavy (non-hydrogen) atoms. The predicted octanol–water partition coefficient (Wildman–Crippen LogP) is 9.29. The lowest BCUT2D eigenvalue weighted by Crippen LogP contribution is -2.70. The largest absolute Gasteiger partial charge is 0.380 e. The molecular formula is C31H56O. The molecule has 0 radical (unpaired) electrons. The molecule has 5 aliphatic carbocycles. The Labute approximate surface area is 201 Å². The van der Waals surface area contributed by atoms with E-state index in [2.05, 4.69) is 83.1 Å². The van der Waals surface area contributed by atoms with Crippen LogP contribution in [0.15, 0.2) is 0 Å². The van der Waals surface area contributed by atoms with Crippen molar-refractivity contribution in [3.63, 3.8) is 0 Å². The summed E-state index contributed by atoms with van der Waals surface area (Å²) in [5.74, 6) is 0. The lowest BCUT2D eigenvalue weighted by molar-refractivity contribution is -0.308. The maximum absolute atomic E-state index is 5.35. The van der Waals surface area contributed by atoms with Crippen LogP contribution in [0.4, 0.5) is 0 Å². The molecular weight excluding hydrogens is 388 g/mol. The zero-order valence-electron chi connectivity index (χ0n) is 24.0. The zero-order valence-corrected chi connectivity index (χ0v) is 24.0. The van der Waals surface area contributed by atoms with Gasteiger partial charge < -0.3 is 4.74 Å². The average Bonchev–Trinajstić information content (AvgIpc) is 3.21. The van der Waals surface area contributed by atoms with E-state index in [1.807, 2.05) is 0 Å². The molecule has 6 aliphatic rings. The van der Waals surface area contributed by atoms with E-state index in [4.69, 9.17) is 4.74 Å². The van der Waals surface area contributed by atoms with Crippen molar-refractivity contribution in [2.24, 2.45) is 48.7 Å². The van der Waals surface area contributed by atoms with Crippen molar-refractivity contribution in [1.82, 2.24) is 0 Å². The first kappa shape index (κ1) is 25.1. The summed E-state index contributed by atoms with van der Waals surface area (Å²) in [7, 11) is 0. The van der Waals surface area contributed by atoms with Crippen LogP contribution in [0.5, 0.6) is 0 Å². The van der Waals surface area contributed by atoms with Crippen LogP contribution in [0.1, 0.15) is 134 Å². The molecule has 0 aromatic carbocycles. The Balaban J connectivity index is 0.000000115. The molecule has 3 spiro atoms. The zero-order chi connectivity index (χ0) is 24.3.